The van der Waals surface area contributed by atoms with Crippen molar-refractivity contribution < 1.29 is 14.6 Å². The van der Waals surface area contributed by atoms with Gasteiger partial charge in [-0.2, -0.15) is 0 Å². The van der Waals surface area contributed by atoms with Crippen molar-refractivity contribution in [2.75, 3.05) is 39.8 Å². The smallest absolute Gasteiger partial charge is 0.317 e. The molecule has 1 N–H and O–H groups in total. The number of benzene rings is 1. The molecule has 2 rings (SSSR count). The van der Waals surface area contributed by atoms with E-state index >= 15 is 0 Å². The molecule has 0 aliphatic carbocycles. The first-order chi connectivity index (χ1) is 10.5. The topological polar surface area (TPSA) is 53.0 Å². The van der Waals surface area contributed by atoms with Crippen molar-refractivity contribution in [3.63, 3.8) is 0 Å². The number of carboxylic acids is 1. The summed E-state index contributed by atoms with van der Waals surface area (Å²) < 4.78 is 5.77. The second kappa shape index (κ2) is 7.92. The Morgan fingerprint density at radius 1 is 1.59 bits per heavy atom. The number of morpholine rings is 1. The standard InChI is InChI=1S/C16H23ClN2O3/c1-12(13-4-3-5-14(17)8-13)19-6-7-22-15(10-19)9-18(2)11-16(20)21/h3-5,8,12,15H,6-7,9-11H2,1-2H3,(H,20,21). The number of hydrogen-bond donors (Lipinski definition) is 1. The molecule has 1 saturated heterocycles. The highest BCUT2D eigenvalue weighted by Gasteiger charge is 2.26. The third-order valence-corrected chi connectivity index (χ3v) is 4.20. The molecule has 1 heterocycles. The maximum Gasteiger partial charge on any atom is 0.317 e. The van der Waals surface area contributed by atoms with Crippen LogP contribution in [0.25, 0.3) is 0 Å². The molecule has 2 unspecified atom stereocenters. The third kappa shape index (κ3) is 4.95. The predicted octanol–water partition coefficient (Wildman–Crippen LogP) is 2.12. The Hall–Kier alpha value is -1.14. The van der Waals surface area contributed by atoms with E-state index in [1.807, 2.05) is 18.2 Å². The number of ether oxygens (including phenoxy) is 1. The second-order valence-corrected chi connectivity index (χ2v) is 6.25. The van der Waals surface area contributed by atoms with Crippen molar-refractivity contribution in [1.29, 1.82) is 0 Å². The molecule has 0 amide bonds. The Morgan fingerprint density at radius 2 is 2.36 bits per heavy atom. The number of likely N-dealkylation sites (N-methyl/N-ethyl adjacent to an activating group) is 1. The average molecular weight is 327 g/mol. The van der Waals surface area contributed by atoms with Crippen LogP contribution in [0.1, 0.15) is 18.5 Å². The van der Waals surface area contributed by atoms with Crippen LogP contribution in [0.2, 0.25) is 5.02 Å². The van der Waals surface area contributed by atoms with Crippen molar-refractivity contribution in [3.05, 3.63) is 34.9 Å². The van der Waals surface area contributed by atoms with Crippen LogP contribution in [0, 0.1) is 0 Å². The molecule has 1 aromatic rings. The maximum absolute atomic E-state index is 10.7. The minimum atomic E-state index is -0.817. The summed E-state index contributed by atoms with van der Waals surface area (Å²) in [5, 5.41) is 9.57. The normalized spacial score (nSPS) is 21.0. The van der Waals surface area contributed by atoms with Crippen LogP contribution in [0.5, 0.6) is 0 Å². The zero-order valence-electron chi connectivity index (χ0n) is 13.0. The van der Waals surface area contributed by atoms with E-state index in [1.165, 1.54) is 5.56 Å². The van der Waals surface area contributed by atoms with Crippen LogP contribution < -0.4 is 0 Å². The molecule has 22 heavy (non-hydrogen) atoms. The largest absolute Gasteiger partial charge is 0.480 e. The highest BCUT2D eigenvalue weighted by atomic mass is 35.5. The van der Waals surface area contributed by atoms with Crippen molar-refractivity contribution in [2.24, 2.45) is 0 Å². The fraction of sp³-hybridized carbons (Fsp3) is 0.562. The lowest BCUT2D eigenvalue weighted by Crippen LogP contribution is -2.48. The lowest BCUT2D eigenvalue weighted by atomic mass is 10.1. The minimum absolute atomic E-state index is 0.0275. The van der Waals surface area contributed by atoms with Gasteiger partial charge in [-0.3, -0.25) is 14.6 Å². The molecule has 122 valence electrons. The summed E-state index contributed by atoms with van der Waals surface area (Å²) in [4.78, 5) is 14.9. The highest BCUT2D eigenvalue weighted by molar-refractivity contribution is 6.30. The quantitative estimate of drug-likeness (QED) is 0.868. The number of carbonyl (C=O) groups is 1. The lowest BCUT2D eigenvalue weighted by Gasteiger charge is -2.38. The number of halogens is 1. The first kappa shape index (κ1) is 17.2. The van der Waals surface area contributed by atoms with Crippen LogP contribution in [-0.2, 0) is 9.53 Å². The SMILES string of the molecule is CC(c1cccc(Cl)c1)N1CCOC(CN(C)CC(=O)O)C1. The van der Waals surface area contributed by atoms with E-state index in [4.69, 9.17) is 21.4 Å². The van der Waals surface area contributed by atoms with Gasteiger partial charge in [-0.15, -0.1) is 0 Å². The van der Waals surface area contributed by atoms with Crippen molar-refractivity contribution >= 4 is 17.6 Å². The van der Waals surface area contributed by atoms with Gasteiger partial charge in [0.25, 0.3) is 0 Å². The molecule has 5 nitrogen and oxygen atoms in total. The molecule has 1 aliphatic heterocycles. The molecule has 0 aromatic heterocycles. The van der Waals surface area contributed by atoms with Crippen LogP contribution in [-0.4, -0.2) is 66.8 Å². The molecule has 6 heteroatoms. The van der Waals surface area contributed by atoms with Crippen molar-refractivity contribution in [1.82, 2.24) is 9.80 Å². The van der Waals surface area contributed by atoms with Crippen LogP contribution in [0.15, 0.2) is 24.3 Å². The molecular formula is C16H23ClN2O3. The number of rotatable bonds is 6. The average Bonchev–Trinajstić information content (AvgIpc) is 2.45. The Labute approximate surface area is 136 Å². The zero-order valence-corrected chi connectivity index (χ0v) is 13.8. The molecule has 1 aliphatic rings. The van der Waals surface area contributed by atoms with Crippen LogP contribution in [0.4, 0.5) is 0 Å². The number of nitrogens with zero attached hydrogens (tertiary/aromatic N) is 2. The highest BCUT2D eigenvalue weighted by Crippen LogP contribution is 2.24. The van der Waals surface area contributed by atoms with Gasteiger partial charge < -0.3 is 9.84 Å². The summed E-state index contributed by atoms with van der Waals surface area (Å²) in [6.07, 6.45) is 0.0275. The van der Waals surface area contributed by atoms with Gasteiger partial charge in [0.05, 0.1) is 19.3 Å². The Bertz CT molecular complexity index is 512. The summed E-state index contributed by atoms with van der Waals surface area (Å²) in [6, 6.07) is 8.17. The Morgan fingerprint density at radius 3 is 3.05 bits per heavy atom. The van der Waals surface area contributed by atoms with E-state index in [0.29, 0.717) is 13.2 Å². The first-order valence-corrected chi connectivity index (χ1v) is 7.85. The van der Waals surface area contributed by atoms with Gasteiger partial charge in [0.2, 0.25) is 0 Å². The van der Waals surface area contributed by atoms with Crippen molar-refractivity contribution in [3.8, 4) is 0 Å². The Balaban J connectivity index is 1.93. The van der Waals surface area contributed by atoms with Gasteiger partial charge >= 0.3 is 5.97 Å². The molecule has 1 aromatic carbocycles. The summed E-state index contributed by atoms with van der Waals surface area (Å²) in [7, 11) is 1.80. The van der Waals surface area contributed by atoms with E-state index in [1.54, 1.807) is 11.9 Å². The molecule has 2 atom stereocenters. The molecule has 1 fully saturated rings. The summed E-state index contributed by atoms with van der Waals surface area (Å²) >= 11 is 6.07. The van der Waals surface area contributed by atoms with Gasteiger partial charge in [-0.1, -0.05) is 23.7 Å². The van der Waals surface area contributed by atoms with E-state index in [0.717, 1.165) is 18.1 Å². The first-order valence-electron chi connectivity index (χ1n) is 7.47. The maximum atomic E-state index is 10.7. The Kier molecular flexibility index (Phi) is 6.20. The van der Waals surface area contributed by atoms with Crippen LogP contribution in [0.3, 0.4) is 0 Å². The van der Waals surface area contributed by atoms with Gasteiger partial charge in [0.15, 0.2) is 0 Å². The van der Waals surface area contributed by atoms with Crippen LogP contribution >= 0.6 is 11.6 Å². The van der Waals surface area contributed by atoms with Gasteiger partial charge in [0, 0.05) is 30.7 Å². The third-order valence-electron chi connectivity index (χ3n) is 3.97. The number of carboxylic acid groups (broad SMARTS) is 1. The van der Waals surface area contributed by atoms with Crippen molar-refractivity contribution in [2.45, 2.75) is 19.1 Å². The van der Waals surface area contributed by atoms with E-state index in [2.05, 4.69) is 17.9 Å². The van der Waals surface area contributed by atoms with E-state index < -0.39 is 5.97 Å². The number of hydrogen-bond acceptors (Lipinski definition) is 4. The predicted molar refractivity (Wildman–Crippen MR) is 86.3 cm³/mol. The summed E-state index contributed by atoms with van der Waals surface area (Å²) in [5.41, 5.74) is 1.19. The van der Waals surface area contributed by atoms with E-state index in [9.17, 15) is 4.79 Å². The zero-order chi connectivity index (χ0) is 16.1. The molecule has 0 spiro atoms. The van der Waals surface area contributed by atoms with E-state index in [-0.39, 0.29) is 18.7 Å². The van der Waals surface area contributed by atoms with Gasteiger partial charge in [-0.25, -0.2) is 0 Å². The fourth-order valence-corrected chi connectivity index (χ4v) is 3.02. The molecule has 0 bridgehead atoms. The molecule has 0 radical (unpaired) electrons. The van der Waals surface area contributed by atoms with Gasteiger partial charge in [0.1, 0.15) is 0 Å². The molecular weight excluding hydrogens is 304 g/mol. The van der Waals surface area contributed by atoms with Gasteiger partial charge in [-0.05, 0) is 31.7 Å². The second-order valence-electron chi connectivity index (χ2n) is 5.81. The summed E-state index contributed by atoms with van der Waals surface area (Å²) in [6.45, 7) is 5.13. The molecule has 0 saturated carbocycles. The fourth-order valence-electron chi connectivity index (χ4n) is 2.82. The number of aliphatic carboxylic acids is 1. The lowest BCUT2D eigenvalue weighted by molar-refractivity contribution is -0.138. The summed E-state index contributed by atoms with van der Waals surface area (Å²) in [5.74, 6) is -0.817. The monoisotopic (exact) mass is 326 g/mol. The minimum Gasteiger partial charge on any atom is -0.480 e.